The molecule has 1 saturated carbocycles. The summed E-state index contributed by atoms with van der Waals surface area (Å²) in [5.41, 5.74) is 6.70. The Morgan fingerprint density at radius 3 is 2.73 bits per heavy atom. The van der Waals surface area contributed by atoms with Crippen LogP contribution in [0.4, 0.5) is 0 Å². The van der Waals surface area contributed by atoms with Crippen LogP contribution in [0, 0.1) is 5.92 Å². The zero-order chi connectivity index (χ0) is 15.5. The second-order valence-corrected chi connectivity index (χ2v) is 7.76. The van der Waals surface area contributed by atoms with E-state index in [0.717, 1.165) is 37.7 Å². The maximum Gasteiger partial charge on any atom is 0.242 e. The van der Waals surface area contributed by atoms with Gasteiger partial charge in [0.25, 0.3) is 0 Å². The van der Waals surface area contributed by atoms with E-state index >= 15 is 0 Å². The number of benzene rings is 1. The van der Waals surface area contributed by atoms with E-state index in [9.17, 15) is 8.42 Å². The summed E-state index contributed by atoms with van der Waals surface area (Å²) in [5.74, 6) is 0.220. The molecule has 2 unspecified atom stereocenters. The monoisotopic (exact) mass is 366 g/mol. The van der Waals surface area contributed by atoms with Crippen LogP contribution in [0.1, 0.15) is 38.2 Å². The number of aryl methyl sites for hydroxylation is 1. The molecule has 0 saturated heterocycles. The van der Waals surface area contributed by atoms with Crippen molar-refractivity contribution in [1.29, 1.82) is 0 Å². The lowest BCUT2D eigenvalue weighted by atomic mass is 10.1. The summed E-state index contributed by atoms with van der Waals surface area (Å²) >= 11 is 6.09. The van der Waals surface area contributed by atoms with Crippen LogP contribution in [0.3, 0.4) is 0 Å². The van der Waals surface area contributed by atoms with Crippen molar-refractivity contribution in [3.8, 4) is 0 Å². The van der Waals surface area contributed by atoms with Gasteiger partial charge in [0, 0.05) is 6.04 Å². The molecule has 0 radical (unpaired) electrons. The van der Waals surface area contributed by atoms with Crippen molar-refractivity contribution in [3.05, 3.63) is 28.8 Å². The minimum Gasteiger partial charge on any atom is -0.330 e. The highest BCUT2D eigenvalue weighted by Gasteiger charge is 2.31. The molecule has 0 spiro atoms. The van der Waals surface area contributed by atoms with Gasteiger partial charge in [0.2, 0.25) is 10.0 Å². The Labute approximate surface area is 144 Å². The zero-order valence-corrected chi connectivity index (χ0v) is 15.1. The first kappa shape index (κ1) is 19.7. The Morgan fingerprint density at radius 2 is 2.09 bits per heavy atom. The molecule has 7 heteroatoms. The van der Waals surface area contributed by atoms with Crippen molar-refractivity contribution in [2.75, 3.05) is 6.54 Å². The molecule has 0 heterocycles. The number of nitrogens with two attached hydrogens (primary N) is 1. The first-order chi connectivity index (χ1) is 9.97. The Kier molecular flexibility index (Phi) is 7.62. The van der Waals surface area contributed by atoms with Crippen LogP contribution in [0.15, 0.2) is 23.1 Å². The van der Waals surface area contributed by atoms with Gasteiger partial charge in [-0.05, 0) is 49.4 Å². The van der Waals surface area contributed by atoms with E-state index in [1.165, 1.54) is 0 Å². The van der Waals surface area contributed by atoms with E-state index in [0.29, 0.717) is 6.54 Å². The van der Waals surface area contributed by atoms with Crippen molar-refractivity contribution in [1.82, 2.24) is 4.72 Å². The van der Waals surface area contributed by atoms with Crippen molar-refractivity contribution >= 4 is 34.0 Å². The minimum atomic E-state index is -3.60. The summed E-state index contributed by atoms with van der Waals surface area (Å²) in [6, 6.07) is 5.14. The van der Waals surface area contributed by atoms with E-state index in [-0.39, 0.29) is 34.3 Å². The lowest BCUT2D eigenvalue weighted by molar-refractivity contribution is 0.453. The summed E-state index contributed by atoms with van der Waals surface area (Å²) < 4.78 is 28.0. The molecule has 0 amide bonds. The van der Waals surface area contributed by atoms with Crippen LogP contribution >= 0.6 is 24.0 Å². The molecule has 0 bridgehead atoms. The third-order valence-corrected chi connectivity index (χ3v) is 6.06. The topological polar surface area (TPSA) is 72.2 Å². The molecular formula is C15H24Cl2N2O2S. The predicted molar refractivity (Wildman–Crippen MR) is 93.2 cm³/mol. The van der Waals surface area contributed by atoms with E-state index in [2.05, 4.69) is 11.6 Å². The smallest absolute Gasteiger partial charge is 0.242 e. The third kappa shape index (κ3) is 4.59. The normalized spacial score (nSPS) is 21.6. The van der Waals surface area contributed by atoms with E-state index in [1.54, 1.807) is 12.1 Å². The maximum atomic E-state index is 12.6. The molecule has 1 aromatic carbocycles. The second kappa shape index (κ2) is 8.50. The SMILES string of the molecule is CCCc1ccc(Cl)c(S(=O)(=O)NC2CCCC2CN)c1.Cl. The highest BCUT2D eigenvalue weighted by Crippen LogP contribution is 2.28. The largest absolute Gasteiger partial charge is 0.330 e. The van der Waals surface area contributed by atoms with Gasteiger partial charge in [-0.2, -0.15) is 0 Å². The van der Waals surface area contributed by atoms with E-state index < -0.39 is 10.0 Å². The molecule has 126 valence electrons. The fourth-order valence-electron chi connectivity index (χ4n) is 2.93. The molecule has 4 nitrogen and oxygen atoms in total. The van der Waals surface area contributed by atoms with Crippen LogP contribution in [0.25, 0.3) is 0 Å². The highest BCUT2D eigenvalue weighted by atomic mass is 35.5. The third-order valence-electron chi connectivity index (χ3n) is 4.09. The van der Waals surface area contributed by atoms with Crippen LogP contribution in [0.2, 0.25) is 5.02 Å². The first-order valence-electron chi connectivity index (χ1n) is 7.48. The van der Waals surface area contributed by atoms with Gasteiger partial charge < -0.3 is 5.73 Å². The average Bonchev–Trinajstić information content (AvgIpc) is 2.87. The number of sulfonamides is 1. The molecule has 1 aliphatic carbocycles. The Hall–Kier alpha value is -0.330. The average molecular weight is 367 g/mol. The first-order valence-corrected chi connectivity index (χ1v) is 9.35. The molecule has 3 N–H and O–H groups in total. The number of hydrogen-bond donors (Lipinski definition) is 2. The van der Waals surface area contributed by atoms with Gasteiger partial charge in [0.1, 0.15) is 4.90 Å². The van der Waals surface area contributed by atoms with Crippen molar-refractivity contribution < 1.29 is 8.42 Å². The number of nitrogens with one attached hydrogen (secondary N) is 1. The predicted octanol–water partition coefficient (Wildman–Crippen LogP) is 3.12. The fraction of sp³-hybridized carbons (Fsp3) is 0.600. The molecule has 1 fully saturated rings. The number of hydrogen-bond acceptors (Lipinski definition) is 3. The molecule has 2 atom stereocenters. The maximum absolute atomic E-state index is 12.6. The van der Waals surface area contributed by atoms with Crippen molar-refractivity contribution in [2.24, 2.45) is 11.7 Å². The quantitative estimate of drug-likeness (QED) is 0.812. The molecule has 2 rings (SSSR count). The summed E-state index contributed by atoms with van der Waals surface area (Å²) in [7, 11) is -3.60. The van der Waals surface area contributed by atoms with Crippen molar-refractivity contribution in [3.63, 3.8) is 0 Å². The molecular weight excluding hydrogens is 343 g/mol. The number of halogens is 2. The summed E-state index contributed by atoms with van der Waals surface area (Å²) in [4.78, 5) is 0.179. The molecule has 0 aliphatic heterocycles. The van der Waals surface area contributed by atoms with Gasteiger partial charge >= 0.3 is 0 Å². The summed E-state index contributed by atoms with van der Waals surface area (Å²) in [6.07, 6.45) is 4.64. The van der Waals surface area contributed by atoms with E-state index in [1.807, 2.05) is 6.07 Å². The van der Waals surface area contributed by atoms with Crippen LogP contribution in [-0.2, 0) is 16.4 Å². The molecule has 0 aromatic heterocycles. The Bertz CT molecular complexity index is 593. The Morgan fingerprint density at radius 1 is 1.36 bits per heavy atom. The standard InChI is InChI=1S/C15H23ClN2O2S.ClH/c1-2-4-11-7-8-13(16)15(9-11)21(19,20)18-14-6-3-5-12(14)10-17;/h7-9,12,14,18H,2-6,10,17H2,1H3;1H. The van der Waals surface area contributed by atoms with Gasteiger partial charge in [-0.1, -0.05) is 37.4 Å². The van der Waals surface area contributed by atoms with Gasteiger partial charge in [0.05, 0.1) is 5.02 Å². The Balaban J connectivity index is 0.00000242. The lowest BCUT2D eigenvalue weighted by Gasteiger charge is -2.20. The van der Waals surface area contributed by atoms with E-state index in [4.69, 9.17) is 17.3 Å². The molecule has 22 heavy (non-hydrogen) atoms. The van der Waals surface area contributed by atoms with Crippen molar-refractivity contribution in [2.45, 2.75) is 50.0 Å². The minimum absolute atomic E-state index is 0. The highest BCUT2D eigenvalue weighted by molar-refractivity contribution is 7.89. The number of rotatable bonds is 6. The second-order valence-electron chi connectivity index (χ2n) is 5.67. The van der Waals surface area contributed by atoms with Gasteiger partial charge in [0.15, 0.2) is 0 Å². The van der Waals surface area contributed by atoms with Gasteiger partial charge in [-0.15, -0.1) is 12.4 Å². The zero-order valence-electron chi connectivity index (χ0n) is 12.7. The lowest BCUT2D eigenvalue weighted by Crippen LogP contribution is -2.39. The summed E-state index contributed by atoms with van der Waals surface area (Å²) in [5, 5.41) is 0.268. The van der Waals surface area contributed by atoms with Gasteiger partial charge in [-0.25, -0.2) is 13.1 Å². The fourth-order valence-corrected chi connectivity index (χ4v) is 4.82. The van der Waals surface area contributed by atoms with Gasteiger partial charge in [-0.3, -0.25) is 0 Å². The summed E-state index contributed by atoms with van der Waals surface area (Å²) in [6.45, 7) is 2.57. The van der Waals surface area contributed by atoms with Crippen LogP contribution < -0.4 is 10.5 Å². The molecule has 1 aliphatic rings. The van der Waals surface area contributed by atoms with Crippen LogP contribution in [-0.4, -0.2) is 21.0 Å². The molecule has 1 aromatic rings. The van der Waals surface area contributed by atoms with Crippen LogP contribution in [0.5, 0.6) is 0 Å².